The molecule has 0 aliphatic rings. The van der Waals surface area contributed by atoms with Gasteiger partial charge in [-0.1, -0.05) is 11.6 Å². The standard InChI is InChI=1S/C13H17ClN4O/c1-4-18(5-2)11(19)9-17(3)13-12(14)10(8-15)6-7-16-13/h6-7H,4-5,9H2,1-3H3. The van der Waals surface area contributed by atoms with Crippen LogP contribution in [0.15, 0.2) is 12.3 Å². The van der Waals surface area contributed by atoms with Gasteiger partial charge in [0.15, 0.2) is 0 Å². The zero-order chi connectivity index (χ0) is 14.4. The second-order valence-electron chi connectivity index (χ2n) is 4.03. The average molecular weight is 281 g/mol. The van der Waals surface area contributed by atoms with Crippen molar-refractivity contribution >= 4 is 23.3 Å². The Morgan fingerprint density at radius 3 is 2.63 bits per heavy atom. The van der Waals surface area contributed by atoms with Crippen LogP contribution in [0.1, 0.15) is 19.4 Å². The number of carbonyl (C=O) groups excluding carboxylic acids is 1. The minimum Gasteiger partial charge on any atom is -0.349 e. The normalized spacial score (nSPS) is 9.84. The van der Waals surface area contributed by atoms with Gasteiger partial charge in [-0.05, 0) is 19.9 Å². The molecule has 0 aliphatic carbocycles. The monoisotopic (exact) mass is 280 g/mol. The number of anilines is 1. The summed E-state index contributed by atoms with van der Waals surface area (Å²) >= 11 is 6.08. The Balaban J connectivity index is 2.88. The van der Waals surface area contributed by atoms with Gasteiger partial charge in [-0.3, -0.25) is 4.79 Å². The first-order chi connectivity index (χ1) is 9.04. The lowest BCUT2D eigenvalue weighted by atomic mass is 10.2. The molecule has 0 saturated heterocycles. The van der Waals surface area contributed by atoms with E-state index in [1.165, 1.54) is 6.20 Å². The van der Waals surface area contributed by atoms with Crippen molar-refractivity contribution in [3.05, 3.63) is 22.8 Å². The number of nitrogens with zero attached hydrogens (tertiary/aromatic N) is 4. The molecule has 1 heterocycles. The Labute approximate surface area is 118 Å². The summed E-state index contributed by atoms with van der Waals surface area (Å²) in [5, 5.41) is 9.19. The number of hydrogen-bond acceptors (Lipinski definition) is 4. The van der Waals surface area contributed by atoms with Crippen LogP contribution in [0.5, 0.6) is 0 Å². The van der Waals surface area contributed by atoms with Crippen LogP contribution in [0.2, 0.25) is 5.02 Å². The van der Waals surface area contributed by atoms with Crippen LogP contribution in [-0.2, 0) is 4.79 Å². The van der Waals surface area contributed by atoms with E-state index in [0.29, 0.717) is 24.5 Å². The molecule has 0 saturated carbocycles. The van der Waals surface area contributed by atoms with Gasteiger partial charge < -0.3 is 9.80 Å². The molecule has 102 valence electrons. The lowest BCUT2D eigenvalue weighted by Gasteiger charge is -2.24. The second-order valence-corrected chi connectivity index (χ2v) is 4.41. The molecule has 19 heavy (non-hydrogen) atoms. The summed E-state index contributed by atoms with van der Waals surface area (Å²) in [4.78, 5) is 19.5. The lowest BCUT2D eigenvalue weighted by Crippen LogP contribution is -2.39. The summed E-state index contributed by atoms with van der Waals surface area (Å²) in [6.45, 7) is 5.39. The Morgan fingerprint density at radius 2 is 2.11 bits per heavy atom. The number of halogens is 1. The highest BCUT2D eigenvalue weighted by molar-refractivity contribution is 6.34. The molecule has 0 fully saturated rings. The number of carbonyl (C=O) groups is 1. The van der Waals surface area contributed by atoms with Crippen LogP contribution in [0.4, 0.5) is 5.82 Å². The first kappa shape index (κ1) is 15.3. The van der Waals surface area contributed by atoms with E-state index in [1.54, 1.807) is 22.9 Å². The summed E-state index contributed by atoms with van der Waals surface area (Å²) in [7, 11) is 1.73. The van der Waals surface area contributed by atoms with E-state index in [4.69, 9.17) is 16.9 Å². The quantitative estimate of drug-likeness (QED) is 0.827. The molecule has 0 spiro atoms. The van der Waals surface area contributed by atoms with Crippen LogP contribution in [0.25, 0.3) is 0 Å². The molecule has 1 rings (SSSR count). The van der Waals surface area contributed by atoms with E-state index in [9.17, 15) is 4.79 Å². The molecule has 1 aromatic heterocycles. The minimum atomic E-state index is 0.00715. The summed E-state index contributed by atoms with van der Waals surface area (Å²) in [6.07, 6.45) is 1.51. The van der Waals surface area contributed by atoms with Gasteiger partial charge >= 0.3 is 0 Å². The smallest absolute Gasteiger partial charge is 0.242 e. The zero-order valence-corrected chi connectivity index (χ0v) is 12.1. The van der Waals surface area contributed by atoms with Crippen molar-refractivity contribution in [1.82, 2.24) is 9.88 Å². The van der Waals surface area contributed by atoms with E-state index in [2.05, 4.69) is 4.98 Å². The Hall–Kier alpha value is -1.80. The molecule has 0 aliphatic heterocycles. The fraction of sp³-hybridized carbons (Fsp3) is 0.462. The number of pyridine rings is 1. The van der Waals surface area contributed by atoms with E-state index >= 15 is 0 Å². The molecule has 0 radical (unpaired) electrons. The van der Waals surface area contributed by atoms with Crippen LogP contribution in [0, 0.1) is 11.3 Å². The zero-order valence-electron chi connectivity index (χ0n) is 11.4. The number of rotatable bonds is 5. The highest BCUT2D eigenvalue weighted by atomic mass is 35.5. The fourth-order valence-corrected chi connectivity index (χ4v) is 2.04. The van der Waals surface area contributed by atoms with Gasteiger partial charge in [0.2, 0.25) is 5.91 Å². The Bertz CT molecular complexity index is 494. The van der Waals surface area contributed by atoms with Gasteiger partial charge in [-0.2, -0.15) is 5.26 Å². The molecule has 1 amide bonds. The lowest BCUT2D eigenvalue weighted by molar-refractivity contribution is -0.129. The molecule has 1 aromatic rings. The van der Waals surface area contributed by atoms with E-state index in [-0.39, 0.29) is 17.5 Å². The molecule has 0 N–H and O–H groups in total. The third-order valence-corrected chi connectivity index (χ3v) is 3.21. The minimum absolute atomic E-state index is 0.00715. The van der Waals surface area contributed by atoms with Crippen molar-refractivity contribution in [2.24, 2.45) is 0 Å². The number of amides is 1. The molecule has 0 atom stereocenters. The van der Waals surface area contributed by atoms with Gasteiger partial charge in [-0.25, -0.2) is 4.98 Å². The van der Waals surface area contributed by atoms with Gasteiger partial charge in [0.05, 0.1) is 12.1 Å². The number of nitriles is 1. The Morgan fingerprint density at radius 1 is 1.47 bits per heavy atom. The predicted octanol–water partition coefficient (Wildman–Crippen LogP) is 1.91. The van der Waals surface area contributed by atoms with E-state index < -0.39 is 0 Å². The maximum absolute atomic E-state index is 12.0. The summed E-state index contributed by atoms with van der Waals surface area (Å²) < 4.78 is 0. The largest absolute Gasteiger partial charge is 0.349 e. The third kappa shape index (κ3) is 3.58. The molecule has 0 unspecified atom stereocenters. The topological polar surface area (TPSA) is 60.2 Å². The first-order valence-electron chi connectivity index (χ1n) is 6.08. The SMILES string of the molecule is CCN(CC)C(=O)CN(C)c1nccc(C#N)c1Cl. The van der Waals surface area contributed by atoms with Crippen LogP contribution >= 0.6 is 11.6 Å². The number of aromatic nitrogens is 1. The summed E-state index contributed by atoms with van der Waals surface area (Å²) in [5.41, 5.74) is 0.355. The van der Waals surface area contributed by atoms with Crippen molar-refractivity contribution in [1.29, 1.82) is 5.26 Å². The van der Waals surface area contributed by atoms with Crippen LogP contribution in [-0.4, -0.2) is 42.5 Å². The summed E-state index contributed by atoms with van der Waals surface area (Å²) in [5.74, 6) is 0.453. The van der Waals surface area contributed by atoms with Crippen molar-refractivity contribution in [3.8, 4) is 6.07 Å². The molecule has 5 nitrogen and oxygen atoms in total. The third-order valence-electron chi connectivity index (χ3n) is 2.84. The average Bonchev–Trinajstić information content (AvgIpc) is 2.40. The second kappa shape index (κ2) is 6.95. The van der Waals surface area contributed by atoms with Gasteiger partial charge in [0.1, 0.15) is 16.9 Å². The maximum Gasteiger partial charge on any atom is 0.242 e. The predicted molar refractivity (Wildman–Crippen MR) is 75.2 cm³/mol. The van der Waals surface area contributed by atoms with E-state index in [1.807, 2.05) is 19.9 Å². The molecule has 6 heteroatoms. The van der Waals surface area contributed by atoms with Gasteiger partial charge in [0.25, 0.3) is 0 Å². The van der Waals surface area contributed by atoms with Crippen LogP contribution < -0.4 is 4.90 Å². The summed E-state index contributed by atoms with van der Waals surface area (Å²) in [6, 6.07) is 3.54. The number of likely N-dealkylation sites (N-methyl/N-ethyl adjacent to an activating group) is 2. The number of hydrogen-bond donors (Lipinski definition) is 0. The van der Waals surface area contributed by atoms with Gasteiger partial charge in [-0.15, -0.1) is 0 Å². The molecular formula is C13H17ClN4O. The van der Waals surface area contributed by atoms with Crippen molar-refractivity contribution < 1.29 is 4.79 Å². The molecular weight excluding hydrogens is 264 g/mol. The highest BCUT2D eigenvalue weighted by Crippen LogP contribution is 2.25. The van der Waals surface area contributed by atoms with Crippen LogP contribution in [0.3, 0.4) is 0 Å². The van der Waals surface area contributed by atoms with Crippen molar-refractivity contribution in [3.63, 3.8) is 0 Å². The van der Waals surface area contributed by atoms with Crippen molar-refractivity contribution in [2.75, 3.05) is 31.6 Å². The fourth-order valence-electron chi connectivity index (χ4n) is 1.74. The molecule has 0 bridgehead atoms. The van der Waals surface area contributed by atoms with E-state index in [0.717, 1.165) is 0 Å². The Kier molecular flexibility index (Phi) is 5.58. The highest BCUT2D eigenvalue weighted by Gasteiger charge is 2.16. The first-order valence-corrected chi connectivity index (χ1v) is 6.46. The molecule has 0 aromatic carbocycles. The van der Waals surface area contributed by atoms with Gasteiger partial charge in [0, 0.05) is 26.3 Å². The van der Waals surface area contributed by atoms with Crippen molar-refractivity contribution in [2.45, 2.75) is 13.8 Å². The maximum atomic E-state index is 12.0.